The molecule has 3 fully saturated rings. The molecule has 0 aliphatic heterocycles. The van der Waals surface area contributed by atoms with Crippen LogP contribution in [-0.4, -0.2) is 22.8 Å². The second kappa shape index (κ2) is 4.33. The average molecular weight is 266 g/mol. The maximum Gasteiger partial charge on any atom is 0.120 e. The predicted molar refractivity (Wildman–Crippen MR) is 71.5 cm³/mol. The van der Waals surface area contributed by atoms with Crippen molar-refractivity contribution < 1.29 is 5.11 Å². The van der Waals surface area contributed by atoms with Crippen LogP contribution in [0, 0.1) is 27.1 Å². The van der Waals surface area contributed by atoms with E-state index in [4.69, 9.17) is 0 Å². The van der Waals surface area contributed by atoms with Gasteiger partial charge in [0.15, 0.2) is 0 Å². The van der Waals surface area contributed by atoms with Gasteiger partial charge in [-0.25, -0.2) is 0 Å². The van der Waals surface area contributed by atoms with Gasteiger partial charge in [-0.15, -0.1) is 0 Å². The van der Waals surface area contributed by atoms with Gasteiger partial charge in [-0.2, -0.15) is 9.81 Å². The molecule has 0 aromatic heterocycles. The number of rotatable bonds is 2. The molecule has 5 nitrogen and oxygen atoms in total. The molecular weight excluding hydrogens is 244 g/mol. The maximum atomic E-state index is 11.0. The topological polar surface area (TPSA) is 79.1 Å². The van der Waals surface area contributed by atoms with Crippen LogP contribution in [0.5, 0.6) is 0 Å². The minimum Gasteiger partial charge on any atom is -0.389 e. The molecule has 5 heteroatoms. The molecule has 0 aromatic rings. The van der Waals surface area contributed by atoms with Crippen LogP contribution < -0.4 is 0 Å². The molecule has 6 unspecified atom stereocenters. The van der Waals surface area contributed by atoms with Crippen LogP contribution >= 0.6 is 0 Å². The number of hydrogen-bond donors (Lipinski definition) is 1. The van der Waals surface area contributed by atoms with Crippen molar-refractivity contribution in [1.82, 2.24) is 0 Å². The van der Waals surface area contributed by atoms with E-state index in [0.29, 0.717) is 18.8 Å². The Balaban J connectivity index is 1.96. The Morgan fingerprint density at radius 1 is 1.05 bits per heavy atom. The van der Waals surface area contributed by atoms with Crippen LogP contribution in [0.1, 0.15) is 51.9 Å². The second-order valence-corrected chi connectivity index (χ2v) is 7.17. The molecule has 3 aliphatic carbocycles. The molecule has 0 heterocycles. The Kier molecular flexibility index (Phi) is 3.00. The Morgan fingerprint density at radius 3 is 2.42 bits per heavy atom. The summed E-state index contributed by atoms with van der Waals surface area (Å²) in [5, 5.41) is 17.2. The van der Waals surface area contributed by atoms with Crippen LogP contribution in [0.3, 0.4) is 0 Å². The van der Waals surface area contributed by atoms with E-state index in [2.05, 4.69) is 17.3 Å². The van der Waals surface area contributed by atoms with E-state index in [1.165, 1.54) is 12.8 Å². The number of nitroso groups, excluding NO2 is 2. The van der Waals surface area contributed by atoms with E-state index in [1.54, 1.807) is 0 Å². The van der Waals surface area contributed by atoms with Gasteiger partial charge in [0.25, 0.3) is 0 Å². The SMILES string of the molecule is CC12CCC(N=O)C(N=O)CC(O)(C1)C1CCCC12. The van der Waals surface area contributed by atoms with Crippen molar-refractivity contribution in [2.75, 3.05) is 0 Å². The Morgan fingerprint density at radius 2 is 1.74 bits per heavy atom. The lowest BCUT2D eigenvalue weighted by atomic mass is 9.72. The summed E-state index contributed by atoms with van der Waals surface area (Å²) < 4.78 is 0. The third kappa shape index (κ3) is 1.85. The summed E-state index contributed by atoms with van der Waals surface area (Å²) in [6.45, 7) is 2.24. The summed E-state index contributed by atoms with van der Waals surface area (Å²) in [5.74, 6) is 0.822. The summed E-state index contributed by atoms with van der Waals surface area (Å²) in [4.78, 5) is 22.0. The average Bonchev–Trinajstić information content (AvgIpc) is 2.92. The summed E-state index contributed by atoms with van der Waals surface area (Å²) in [5.41, 5.74) is -0.704. The standard InChI is InChI=1S/C14H22N2O3/c1-13-6-5-11(15-18)12(16-19)7-14(17,8-13)10-4-2-3-9(10)13/h9-12,17H,2-8H2,1H3. The van der Waals surface area contributed by atoms with Crippen LogP contribution in [0.4, 0.5) is 0 Å². The fraction of sp³-hybridized carbons (Fsp3) is 1.00. The molecule has 3 saturated carbocycles. The third-order valence-corrected chi connectivity index (χ3v) is 6.10. The van der Waals surface area contributed by atoms with Crippen molar-refractivity contribution in [1.29, 1.82) is 0 Å². The van der Waals surface area contributed by atoms with E-state index in [1.807, 2.05) is 0 Å². The van der Waals surface area contributed by atoms with Gasteiger partial charge in [0.2, 0.25) is 0 Å². The van der Waals surface area contributed by atoms with Gasteiger partial charge in [0.05, 0.1) is 5.60 Å². The highest BCUT2D eigenvalue weighted by Crippen LogP contribution is 2.63. The van der Waals surface area contributed by atoms with Crippen LogP contribution in [0.15, 0.2) is 10.4 Å². The highest BCUT2D eigenvalue weighted by molar-refractivity contribution is 5.12. The highest BCUT2D eigenvalue weighted by atomic mass is 16.3. The zero-order chi connectivity index (χ0) is 13.7. The number of nitrogens with zero attached hydrogens (tertiary/aromatic N) is 2. The number of aliphatic hydroxyl groups is 1. The molecule has 106 valence electrons. The lowest BCUT2D eigenvalue weighted by Crippen LogP contribution is -2.41. The van der Waals surface area contributed by atoms with Gasteiger partial charge >= 0.3 is 0 Å². The zero-order valence-electron chi connectivity index (χ0n) is 11.4. The Bertz CT molecular complexity index is 402. The van der Waals surface area contributed by atoms with Crippen molar-refractivity contribution in [3.8, 4) is 0 Å². The minimum absolute atomic E-state index is 0.104. The highest BCUT2D eigenvalue weighted by Gasteiger charge is 2.61. The van der Waals surface area contributed by atoms with Gasteiger partial charge in [0.1, 0.15) is 12.1 Å². The minimum atomic E-state index is -0.808. The molecule has 1 N–H and O–H groups in total. The molecule has 2 bridgehead atoms. The van der Waals surface area contributed by atoms with Crippen LogP contribution in [0.2, 0.25) is 0 Å². The van der Waals surface area contributed by atoms with Gasteiger partial charge in [-0.3, -0.25) is 0 Å². The van der Waals surface area contributed by atoms with Gasteiger partial charge < -0.3 is 5.11 Å². The maximum absolute atomic E-state index is 11.0. The molecule has 3 aliphatic rings. The summed E-state index contributed by atoms with van der Waals surface area (Å²) >= 11 is 0. The molecule has 0 spiro atoms. The lowest BCUT2D eigenvalue weighted by molar-refractivity contribution is -0.0238. The molecular formula is C14H22N2O3. The van der Waals surface area contributed by atoms with Crippen molar-refractivity contribution in [3.63, 3.8) is 0 Å². The first-order valence-corrected chi connectivity index (χ1v) is 7.40. The van der Waals surface area contributed by atoms with Gasteiger partial charge in [-0.1, -0.05) is 23.7 Å². The Labute approximate surface area is 113 Å². The second-order valence-electron chi connectivity index (χ2n) is 7.17. The molecule has 6 atom stereocenters. The number of hydrogen-bond acceptors (Lipinski definition) is 5. The monoisotopic (exact) mass is 266 g/mol. The summed E-state index contributed by atoms with van der Waals surface area (Å²) in [6, 6.07) is -1.20. The summed E-state index contributed by atoms with van der Waals surface area (Å²) in [6.07, 6.45) is 5.97. The third-order valence-electron chi connectivity index (χ3n) is 6.10. The van der Waals surface area contributed by atoms with E-state index >= 15 is 0 Å². The van der Waals surface area contributed by atoms with Crippen molar-refractivity contribution in [2.45, 2.75) is 69.6 Å². The molecule has 0 radical (unpaired) electrons. The fourth-order valence-electron chi connectivity index (χ4n) is 5.29. The molecule has 0 aromatic carbocycles. The fourth-order valence-corrected chi connectivity index (χ4v) is 5.29. The van der Waals surface area contributed by atoms with E-state index < -0.39 is 17.7 Å². The lowest BCUT2D eigenvalue weighted by Gasteiger charge is -2.36. The molecule has 0 saturated heterocycles. The quantitative estimate of drug-likeness (QED) is 0.780. The summed E-state index contributed by atoms with van der Waals surface area (Å²) in [7, 11) is 0. The Hall–Kier alpha value is -0.840. The van der Waals surface area contributed by atoms with Crippen molar-refractivity contribution >= 4 is 0 Å². The molecule has 3 rings (SSSR count). The first kappa shape index (κ1) is 13.2. The first-order valence-electron chi connectivity index (χ1n) is 7.40. The van der Waals surface area contributed by atoms with Crippen molar-refractivity contribution in [2.24, 2.45) is 27.6 Å². The first-order chi connectivity index (χ1) is 9.02. The van der Waals surface area contributed by atoms with Gasteiger partial charge in [0, 0.05) is 6.42 Å². The van der Waals surface area contributed by atoms with E-state index in [0.717, 1.165) is 19.3 Å². The zero-order valence-corrected chi connectivity index (χ0v) is 11.4. The number of fused-ring (bicyclic) bond motifs is 5. The molecule has 0 amide bonds. The predicted octanol–water partition coefficient (Wildman–Crippen LogP) is 3.00. The van der Waals surface area contributed by atoms with E-state index in [-0.39, 0.29) is 11.3 Å². The smallest absolute Gasteiger partial charge is 0.120 e. The van der Waals surface area contributed by atoms with Gasteiger partial charge in [-0.05, 0) is 49.4 Å². The normalized spacial score (nSPS) is 53.2. The largest absolute Gasteiger partial charge is 0.389 e. The van der Waals surface area contributed by atoms with Crippen molar-refractivity contribution in [3.05, 3.63) is 9.81 Å². The van der Waals surface area contributed by atoms with E-state index in [9.17, 15) is 14.9 Å². The van der Waals surface area contributed by atoms with Crippen LogP contribution in [0.25, 0.3) is 0 Å². The molecule has 19 heavy (non-hydrogen) atoms. The van der Waals surface area contributed by atoms with Crippen LogP contribution in [-0.2, 0) is 0 Å².